The van der Waals surface area contributed by atoms with Crippen molar-refractivity contribution in [3.05, 3.63) is 12.2 Å². The lowest BCUT2D eigenvalue weighted by Gasteiger charge is -2.03. The topological polar surface area (TPSA) is 0 Å². The van der Waals surface area contributed by atoms with Crippen LogP contribution >= 0.6 is 0 Å². The molecule has 0 saturated heterocycles. The Labute approximate surface area is 237 Å². The molecule has 0 aliphatic carbocycles. The predicted molar refractivity (Wildman–Crippen MR) is 173 cm³/mol. The molecule has 0 N–H and O–H groups in total. The fourth-order valence-corrected chi connectivity index (χ4v) is 5.68. The number of hydrogen-bond donors (Lipinski definition) is 0. The van der Waals surface area contributed by atoms with Gasteiger partial charge in [0.1, 0.15) is 0 Å². The van der Waals surface area contributed by atoms with E-state index in [1.54, 1.807) is 0 Å². The van der Waals surface area contributed by atoms with Crippen LogP contribution in [0.5, 0.6) is 0 Å². The number of rotatable bonds is 33. The first kappa shape index (κ1) is 36.7. The predicted octanol–water partition coefficient (Wildman–Crippen LogP) is 14.5. The first-order valence-corrected chi connectivity index (χ1v) is 18.1. The molecule has 0 saturated carbocycles. The van der Waals surface area contributed by atoms with Crippen LogP contribution in [-0.4, -0.2) is 0 Å². The molecule has 0 heteroatoms. The Hall–Kier alpha value is -0.260. The zero-order valence-corrected chi connectivity index (χ0v) is 26.5. The molecule has 0 aromatic heterocycles. The van der Waals surface area contributed by atoms with Crippen molar-refractivity contribution in [2.45, 2.75) is 226 Å². The van der Waals surface area contributed by atoms with Gasteiger partial charge in [0, 0.05) is 0 Å². The zero-order chi connectivity index (χ0) is 26.7. The molecular weight excluding hydrogens is 444 g/mol. The smallest absolute Gasteiger partial charge is 0.0351 e. The summed E-state index contributed by atoms with van der Waals surface area (Å²) < 4.78 is 0. The fraction of sp³-hybridized carbons (Fsp3) is 0.946. The Bertz CT molecular complexity index is 395. The van der Waals surface area contributed by atoms with Gasteiger partial charge in [-0.05, 0) is 25.7 Å². The van der Waals surface area contributed by atoms with Crippen molar-refractivity contribution in [1.82, 2.24) is 0 Å². The summed E-state index contributed by atoms with van der Waals surface area (Å²) in [7, 11) is 0. The van der Waals surface area contributed by atoms with Crippen LogP contribution in [0.1, 0.15) is 226 Å². The van der Waals surface area contributed by atoms with E-state index in [1.165, 1.54) is 212 Å². The van der Waals surface area contributed by atoms with E-state index in [-0.39, 0.29) is 0 Å². The average Bonchev–Trinajstić information content (AvgIpc) is 2.91. The van der Waals surface area contributed by atoms with E-state index in [0.717, 1.165) is 0 Å². The quantitative estimate of drug-likeness (QED) is 0.0598. The Morgan fingerprint density at radius 3 is 0.568 bits per heavy atom. The molecule has 0 aliphatic rings. The second-order valence-electron chi connectivity index (χ2n) is 12.3. The molecule has 0 amide bonds. The standard InChI is InChI=1S/C37H74/c1-3-5-7-9-11-13-15-17-19-21-23-25-27-29-31-33-35-37-36-34-32-30-28-26-24-22-20-18-16-14-12-10-8-6-4-2/h31,33H,3-30,32,34-37H2,1-2H3/b33-31+. The fourth-order valence-electron chi connectivity index (χ4n) is 5.68. The Morgan fingerprint density at radius 1 is 0.216 bits per heavy atom. The normalized spacial score (nSPS) is 11.7. The van der Waals surface area contributed by atoms with Crippen molar-refractivity contribution < 1.29 is 0 Å². The summed E-state index contributed by atoms with van der Waals surface area (Å²) in [5.41, 5.74) is 0. The summed E-state index contributed by atoms with van der Waals surface area (Å²) in [4.78, 5) is 0. The minimum absolute atomic E-state index is 1.32. The second kappa shape index (κ2) is 35.7. The van der Waals surface area contributed by atoms with Gasteiger partial charge in [-0.1, -0.05) is 212 Å². The van der Waals surface area contributed by atoms with E-state index in [1.807, 2.05) is 0 Å². The molecule has 0 unspecified atom stereocenters. The number of unbranched alkanes of at least 4 members (excludes halogenated alkanes) is 31. The van der Waals surface area contributed by atoms with Crippen LogP contribution < -0.4 is 0 Å². The van der Waals surface area contributed by atoms with E-state index < -0.39 is 0 Å². The maximum atomic E-state index is 2.47. The number of hydrogen-bond acceptors (Lipinski definition) is 0. The zero-order valence-electron chi connectivity index (χ0n) is 26.5. The third-order valence-electron chi connectivity index (χ3n) is 8.37. The summed E-state index contributed by atoms with van der Waals surface area (Å²) in [5.74, 6) is 0. The van der Waals surface area contributed by atoms with Gasteiger partial charge >= 0.3 is 0 Å². The second-order valence-corrected chi connectivity index (χ2v) is 12.3. The highest BCUT2D eigenvalue weighted by Crippen LogP contribution is 2.15. The van der Waals surface area contributed by atoms with Crippen LogP contribution in [0.25, 0.3) is 0 Å². The van der Waals surface area contributed by atoms with E-state index in [0.29, 0.717) is 0 Å². The average molecular weight is 519 g/mol. The third-order valence-corrected chi connectivity index (χ3v) is 8.37. The molecule has 37 heavy (non-hydrogen) atoms. The first-order valence-electron chi connectivity index (χ1n) is 18.1. The third kappa shape index (κ3) is 35.7. The van der Waals surface area contributed by atoms with Gasteiger partial charge in [-0.2, -0.15) is 0 Å². The van der Waals surface area contributed by atoms with Crippen molar-refractivity contribution in [2.24, 2.45) is 0 Å². The summed E-state index contributed by atoms with van der Waals surface area (Å²) in [5, 5.41) is 0. The summed E-state index contributed by atoms with van der Waals surface area (Å²) in [6, 6.07) is 0. The molecule has 0 heterocycles. The molecule has 0 aromatic carbocycles. The van der Waals surface area contributed by atoms with Crippen molar-refractivity contribution in [3.63, 3.8) is 0 Å². The maximum absolute atomic E-state index is 2.47. The van der Waals surface area contributed by atoms with Crippen molar-refractivity contribution in [2.75, 3.05) is 0 Å². The largest absolute Gasteiger partial charge is 0.0885 e. The van der Waals surface area contributed by atoms with Gasteiger partial charge in [-0.25, -0.2) is 0 Å². The molecule has 0 aliphatic heterocycles. The molecule has 222 valence electrons. The monoisotopic (exact) mass is 519 g/mol. The molecule has 0 atom stereocenters. The lowest BCUT2D eigenvalue weighted by molar-refractivity contribution is 0.525. The van der Waals surface area contributed by atoms with Crippen molar-refractivity contribution >= 4 is 0 Å². The molecule has 0 spiro atoms. The van der Waals surface area contributed by atoms with Crippen LogP contribution in [0.3, 0.4) is 0 Å². The highest BCUT2D eigenvalue weighted by molar-refractivity contribution is 4.81. The molecule has 0 aromatic rings. The Balaban J connectivity index is 3.07. The molecule has 0 bridgehead atoms. The first-order chi connectivity index (χ1) is 18.4. The van der Waals surface area contributed by atoms with E-state index in [2.05, 4.69) is 26.0 Å². The Kier molecular flexibility index (Phi) is 35.5. The SMILES string of the molecule is CCCCCCCCCCCCCCC/C=C/CCCCCCCCCCCCCCCCCCCC. The highest BCUT2D eigenvalue weighted by Gasteiger charge is 1.96. The van der Waals surface area contributed by atoms with Gasteiger partial charge in [-0.15, -0.1) is 0 Å². The molecule has 0 radical (unpaired) electrons. The summed E-state index contributed by atoms with van der Waals surface area (Å²) in [6.07, 6.45) is 52.9. The highest BCUT2D eigenvalue weighted by atomic mass is 14.0. The van der Waals surface area contributed by atoms with Gasteiger partial charge in [0.05, 0.1) is 0 Å². The summed E-state index contributed by atoms with van der Waals surface area (Å²) in [6.45, 7) is 4.61. The van der Waals surface area contributed by atoms with Gasteiger partial charge in [-0.3, -0.25) is 0 Å². The molecule has 0 fully saturated rings. The maximum Gasteiger partial charge on any atom is -0.0351 e. The lowest BCUT2D eigenvalue weighted by Crippen LogP contribution is -1.84. The van der Waals surface area contributed by atoms with Gasteiger partial charge in [0.15, 0.2) is 0 Å². The Morgan fingerprint density at radius 2 is 0.378 bits per heavy atom. The van der Waals surface area contributed by atoms with Crippen molar-refractivity contribution in [3.8, 4) is 0 Å². The number of allylic oxidation sites excluding steroid dienone is 2. The molecule has 0 nitrogen and oxygen atoms in total. The van der Waals surface area contributed by atoms with Crippen LogP contribution in [0.15, 0.2) is 12.2 Å². The van der Waals surface area contributed by atoms with Crippen molar-refractivity contribution in [1.29, 1.82) is 0 Å². The molecular formula is C37H74. The minimum Gasteiger partial charge on any atom is -0.0885 e. The van der Waals surface area contributed by atoms with Crippen LogP contribution in [0.4, 0.5) is 0 Å². The van der Waals surface area contributed by atoms with Crippen LogP contribution in [-0.2, 0) is 0 Å². The summed E-state index contributed by atoms with van der Waals surface area (Å²) >= 11 is 0. The van der Waals surface area contributed by atoms with Gasteiger partial charge in [0.25, 0.3) is 0 Å². The lowest BCUT2D eigenvalue weighted by atomic mass is 10.0. The minimum atomic E-state index is 1.32. The van der Waals surface area contributed by atoms with Crippen LogP contribution in [0.2, 0.25) is 0 Å². The van der Waals surface area contributed by atoms with E-state index in [4.69, 9.17) is 0 Å². The van der Waals surface area contributed by atoms with Gasteiger partial charge < -0.3 is 0 Å². The van der Waals surface area contributed by atoms with Crippen LogP contribution in [0, 0.1) is 0 Å². The van der Waals surface area contributed by atoms with Gasteiger partial charge in [0.2, 0.25) is 0 Å². The molecule has 0 rings (SSSR count). The van der Waals surface area contributed by atoms with E-state index >= 15 is 0 Å². The van der Waals surface area contributed by atoms with E-state index in [9.17, 15) is 0 Å².